The normalized spacial score (nSPS) is 11.6. The molecule has 0 spiro atoms. The zero-order valence-electron chi connectivity index (χ0n) is 14.1. The Kier molecular flexibility index (Phi) is 5.28. The molecule has 0 saturated carbocycles. The van der Waals surface area contributed by atoms with E-state index >= 15 is 0 Å². The number of carbonyl (C=O) groups excluding carboxylic acids is 2. The van der Waals surface area contributed by atoms with Crippen molar-refractivity contribution in [1.29, 1.82) is 0 Å². The van der Waals surface area contributed by atoms with Gasteiger partial charge in [-0.05, 0) is 31.2 Å². The molecule has 1 aromatic carbocycles. The van der Waals surface area contributed by atoms with Gasteiger partial charge in [0.2, 0.25) is 11.0 Å². The average molecular weight is 372 g/mol. The molecule has 0 radical (unpaired) electrons. The number of nitrogens with one attached hydrogen (secondary N) is 2. The highest BCUT2D eigenvalue weighted by atomic mass is 32.1. The number of methoxy groups -OCH3 is 1. The zero-order valence-corrected chi connectivity index (χ0v) is 14.9. The summed E-state index contributed by atoms with van der Waals surface area (Å²) in [4.78, 5) is 24.1. The van der Waals surface area contributed by atoms with E-state index in [4.69, 9.17) is 9.15 Å². The van der Waals surface area contributed by atoms with Gasteiger partial charge >= 0.3 is 0 Å². The highest BCUT2D eigenvalue weighted by molar-refractivity contribution is 7.18. The van der Waals surface area contributed by atoms with E-state index in [-0.39, 0.29) is 5.76 Å². The van der Waals surface area contributed by atoms with Crippen molar-refractivity contribution in [2.75, 3.05) is 12.4 Å². The summed E-state index contributed by atoms with van der Waals surface area (Å²) in [5, 5.41) is 14.2. The van der Waals surface area contributed by atoms with Crippen molar-refractivity contribution in [1.82, 2.24) is 15.5 Å². The lowest BCUT2D eigenvalue weighted by Crippen LogP contribution is -2.41. The Balaban J connectivity index is 1.62. The lowest BCUT2D eigenvalue weighted by Gasteiger charge is -2.11. The lowest BCUT2D eigenvalue weighted by atomic mass is 10.2. The molecule has 9 heteroatoms. The van der Waals surface area contributed by atoms with Gasteiger partial charge in [-0.15, -0.1) is 10.2 Å². The van der Waals surface area contributed by atoms with Gasteiger partial charge in [0.25, 0.3) is 5.91 Å². The van der Waals surface area contributed by atoms with Crippen molar-refractivity contribution < 1.29 is 18.7 Å². The number of furan rings is 1. The van der Waals surface area contributed by atoms with Crippen LogP contribution in [0.1, 0.15) is 17.5 Å². The van der Waals surface area contributed by atoms with Crippen LogP contribution in [0.2, 0.25) is 0 Å². The highest BCUT2D eigenvalue weighted by Gasteiger charge is 2.19. The van der Waals surface area contributed by atoms with Crippen molar-refractivity contribution in [3.8, 4) is 16.3 Å². The molecule has 0 aliphatic heterocycles. The van der Waals surface area contributed by atoms with Crippen LogP contribution in [-0.2, 0) is 4.79 Å². The number of aromatic nitrogens is 2. The number of carbonyl (C=O) groups is 2. The Morgan fingerprint density at radius 2 is 2.08 bits per heavy atom. The van der Waals surface area contributed by atoms with Gasteiger partial charge in [0, 0.05) is 5.56 Å². The zero-order chi connectivity index (χ0) is 18.5. The lowest BCUT2D eigenvalue weighted by molar-refractivity contribution is -0.117. The minimum atomic E-state index is -0.767. The largest absolute Gasteiger partial charge is 0.497 e. The second-order valence-electron chi connectivity index (χ2n) is 5.31. The van der Waals surface area contributed by atoms with Crippen LogP contribution in [0, 0.1) is 0 Å². The van der Waals surface area contributed by atoms with Gasteiger partial charge in [-0.3, -0.25) is 14.9 Å². The van der Waals surface area contributed by atoms with Crippen LogP contribution in [0.5, 0.6) is 5.75 Å². The average Bonchev–Trinajstić information content (AvgIpc) is 3.33. The van der Waals surface area contributed by atoms with Gasteiger partial charge in [-0.2, -0.15) is 0 Å². The number of amides is 2. The van der Waals surface area contributed by atoms with E-state index in [9.17, 15) is 9.59 Å². The van der Waals surface area contributed by atoms with Gasteiger partial charge in [0.1, 0.15) is 16.8 Å². The quantitative estimate of drug-likeness (QED) is 0.689. The first kappa shape index (κ1) is 17.6. The van der Waals surface area contributed by atoms with Crippen LogP contribution in [0.4, 0.5) is 5.13 Å². The third-order valence-corrected chi connectivity index (χ3v) is 4.35. The molecule has 0 aliphatic carbocycles. The summed E-state index contributed by atoms with van der Waals surface area (Å²) in [6.07, 6.45) is 1.39. The SMILES string of the molecule is COc1cccc(-c2nnc(NC(=O)[C@H](C)NC(=O)c3ccco3)s2)c1. The van der Waals surface area contributed by atoms with Gasteiger partial charge < -0.3 is 14.5 Å². The van der Waals surface area contributed by atoms with Gasteiger partial charge in [0.15, 0.2) is 5.76 Å². The minimum absolute atomic E-state index is 0.140. The van der Waals surface area contributed by atoms with Gasteiger partial charge in [0.05, 0.1) is 13.4 Å². The summed E-state index contributed by atoms with van der Waals surface area (Å²) in [6, 6.07) is 9.74. The Hall–Kier alpha value is -3.20. The molecule has 3 rings (SSSR count). The molecule has 0 unspecified atom stereocenters. The number of hydrogen-bond acceptors (Lipinski definition) is 7. The standard InChI is InChI=1S/C17H16N4O4S/c1-10(18-15(23)13-7-4-8-25-13)14(22)19-17-21-20-16(26-17)11-5-3-6-12(9-11)24-2/h3-10H,1-2H3,(H,18,23)(H,19,21,22)/t10-/m0/s1. The molecule has 8 nitrogen and oxygen atoms in total. The second kappa shape index (κ2) is 7.79. The van der Waals surface area contributed by atoms with E-state index in [1.807, 2.05) is 24.3 Å². The molecule has 2 N–H and O–H groups in total. The maximum Gasteiger partial charge on any atom is 0.287 e. The number of benzene rings is 1. The van der Waals surface area contributed by atoms with E-state index in [1.54, 1.807) is 20.1 Å². The molecule has 0 fully saturated rings. The molecule has 0 saturated heterocycles. The molecule has 0 aliphatic rings. The molecular weight excluding hydrogens is 356 g/mol. The molecule has 3 aromatic rings. The number of nitrogens with zero attached hydrogens (tertiary/aromatic N) is 2. The second-order valence-corrected chi connectivity index (χ2v) is 6.28. The van der Waals surface area contributed by atoms with Crippen molar-refractivity contribution in [2.45, 2.75) is 13.0 Å². The molecule has 1 atom stereocenters. The minimum Gasteiger partial charge on any atom is -0.497 e. The molecule has 2 amide bonds. The highest BCUT2D eigenvalue weighted by Crippen LogP contribution is 2.28. The number of rotatable bonds is 6. The third kappa shape index (κ3) is 4.06. The number of ether oxygens (including phenoxy) is 1. The molecular formula is C17H16N4O4S. The van der Waals surface area contributed by atoms with Crippen molar-refractivity contribution in [2.24, 2.45) is 0 Å². The number of hydrogen-bond donors (Lipinski definition) is 2. The molecule has 26 heavy (non-hydrogen) atoms. The smallest absolute Gasteiger partial charge is 0.287 e. The van der Waals surface area contributed by atoms with Crippen LogP contribution in [0.25, 0.3) is 10.6 Å². The van der Waals surface area contributed by atoms with Gasteiger partial charge in [-0.1, -0.05) is 23.5 Å². The van der Waals surface area contributed by atoms with Crippen molar-refractivity contribution >= 4 is 28.3 Å². The maximum atomic E-state index is 12.2. The molecule has 134 valence electrons. The molecule has 2 heterocycles. The summed E-state index contributed by atoms with van der Waals surface area (Å²) in [7, 11) is 1.59. The summed E-state index contributed by atoms with van der Waals surface area (Å²) >= 11 is 1.23. The Morgan fingerprint density at radius 3 is 2.81 bits per heavy atom. The Labute approximate surface area is 153 Å². The Morgan fingerprint density at radius 1 is 1.23 bits per heavy atom. The molecule has 2 aromatic heterocycles. The topological polar surface area (TPSA) is 106 Å². The van der Waals surface area contributed by atoms with Crippen LogP contribution in [0.15, 0.2) is 47.1 Å². The maximum absolute atomic E-state index is 12.2. The monoisotopic (exact) mass is 372 g/mol. The fraction of sp³-hybridized carbons (Fsp3) is 0.176. The summed E-state index contributed by atoms with van der Waals surface area (Å²) in [5.74, 6) is -0.0244. The molecule has 0 bridgehead atoms. The fourth-order valence-corrected chi connectivity index (χ4v) is 2.84. The Bertz CT molecular complexity index is 907. The van der Waals surface area contributed by atoms with Crippen molar-refractivity contribution in [3.05, 3.63) is 48.4 Å². The van der Waals surface area contributed by atoms with E-state index in [0.717, 1.165) is 5.56 Å². The fourth-order valence-electron chi connectivity index (χ4n) is 2.10. The van der Waals surface area contributed by atoms with Crippen LogP contribution in [-0.4, -0.2) is 35.2 Å². The third-order valence-electron chi connectivity index (χ3n) is 3.46. The van der Waals surface area contributed by atoms with E-state index in [0.29, 0.717) is 15.9 Å². The first-order valence-corrected chi connectivity index (χ1v) is 8.51. The van der Waals surface area contributed by atoms with Crippen LogP contribution >= 0.6 is 11.3 Å². The predicted molar refractivity (Wildman–Crippen MR) is 96.2 cm³/mol. The van der Waals surface area contributed by atoms with E-state index < -0.39 is 17.9 Å². The summed E-state index contributed by atoms with van der Waals surface area (Å²) in [5.41, 5.74) is 0.835. The van der Waals surface area contributed by atoms with Crippen molar-refractivity contribution in [3.63, 3.8) is 0 Å². The first-order chi connectivity index (χ1) is 12.6. The van der Waals surface area contributed by atoms with E-state index in [2.05, 4.69) is 20.8 Å². The predicted octanol–water partition coefficient (Wildman–Crippen LogP) is 2.56. The summed E-state index contributed by atoms with van der Waals surface area (Å²) < 4.78 is 10.2. The van der Waals surface area contributed by atoms with E-state index in [1.165, 1.54) is 23.7 Å². The summed E-state index contributed by atoms with van der Waals surface area (Å²) in [6.45, 7) is 1.57. The van der Waals surface area contributed by atoms with Crippen LogP contribution < -0.4 is 15.4 Å². The number of anilines is 1. The first-order valence-electron chi connectivity index (χ1n) is 7.70. The van der Waals surface area contributed by atoms with Gasteiger partial charge in [-0.25, -0.2) is 0 Å². The van der Waals surface area contributed by atoms with Crippen LogP contribution in [0.3, 0.4) is 0 Å².